The van der Waals surface area contributed by atoms with Gasteiger partial charge in [0.25, 0.3) is 0 Å². The Kier molecular flexibility index (Phi) is 4.59. The van der Waals surface area contributed by atoms with E-state index in [4.69, 9.17) is 9.72 Å². The van der Waals surface area contributed by atoms with Crippen LogP contribution in [0.15, 0.2) is 12.1 Å². The number of aromatic nitrogens is 1. The molecule has 1 aromatic heterocycles. The van der Waals surface area contributed by atoms with E-state index in [0.29, 0.717) is 12.0 Å². The van der Waals surface area contributed by atoms with Gasteiger partial charge in [0.1, 0.15) is 5.82 Å². The van der Waals surface area contributed by atoms with Crippen molar-refractivity contribution in [3.63, 3.8) is 0 Å². The molecule has 0 amide bonds. The Labute approximate surface area is 110 Å². The smallest absolute Gasteiger partial charge is 0.126 e. The van der Waals surface area contributed by atoms with Crippen molar-refractivity contribution in [1.29, 1.82) is 0 Å². The van der Waals surface area contributed by atoms with Crippen LogP contribution in [0.2, 0.25) is 0 Å². The molecule has 2 rings (SSSR count). The van der Waals surface area contributed by atoms with Crippen LogP contribution in [0.1, 0.15) is 38.4 Å². The molecule has 3 nitrogen and oxygen atoms in total. The van der Waals surface area contributed by atoms with Crippen molar-refractivity contribution in [1.82, 2.24) is 4.98 Å². The number of fused-ring (bicyclic) bond motifs is 1. The maximum absolute atomic E-state index is 5.53. The number of hydrogen-bond donors (Lipinski definition) is 1. The molecule has 100 valence electrons. The molecule has 0 saturated heterocycles. The lowest BCUT2D eigenvalue weighted by atomic mass is 10.1. The van der Waals surface area contributed by atoms with Crippen LogP contribution in [0.4, 0.5) is 5.82 Å². The maximum Gasteiger partial charge on any atom is 0.126 e. The highest BCUT2D eigenvalue weighted by Crippen LogP contribution is 2.22. The average molecular weight is 248 g/mol. The first-order chi connectivity index (χ1) is 8.70. The highest BCUT2D eigenvalue weighted by atomic mass is 16.5. The van der Waals surface area contributed by atoms with E-state index < -0.39 is 0 Å². The van der Waals surface area contributed by atoms with Crippen LogP contribution in [-0.4, -0.2) is 24.2 Å². The summed E-state index contributed by atoms with van der Waals surface area (Å²) < 4.78 is 5.53. The van der Waals surface area contributed by atoms with Crippen molar-refractivity contribution in [2.75, 3.05) is 18.5 Å². The summed E-state index contributed by atoms with van der Waals surface area (Å²) in [5, 5.41) is 3.51. The molecule has 3 heteroatoms. The Hall–Kier alpha value is -1.09. The quantitative estimate of drug-likeness (QED) is 0.840. The van der Waals surface area contributed by atoms with Gasteiger partial charge in [-0.15, -0.1) is 0 Å². The molecule has 0 fully saturated rings. The summed E-state index contributed by atoms with van der Waals surface area (Å²) in [4.78, 5) is 4.72. The van der Waals surface area contributed by atoms with E-state index in [-0.39, 0.29) is 0 Å². The lowest BCUT2D eigenvalue weighted by Crippen LogP contribution is -2.31. The van der Waals surface area contributed by atoms with Gasteiger partial charge in [-0.1, -0.05) is 19.9 Å². The van der Waals surface area contributed by atoms with E-state index in [1.807, 2.05) is 6.92 Å². The second-order valence-electron chi connectivity index (χ2n) is 5.31. The molecule has 0 spiro atoms. The van der Waals surface area contributed by atoms with E-state index in [2.05, 4.69) is 31.3 Å². The third-order valence-electron chi connectivity index (χ3n) is 3.57. The van der Waals surface area contributed by atoms with Crippen molar-refractivity contribution >= 4 is 5.82 Å². The third-order valence-corrected chi connectivity index (χ3v) is 3.57. The zero-order chi connectivity index (χ0) is 13.0. The molecule has 0 aliphatic heterocycles. The molecule has 1 N–H and O–H groups in total. The predicted octanol–water partition coefficient (Wildman–Crippen LogP) is 3.04. The van der Waals surface area contributed by atoms with Gasteiger partial charge in [0.05, 0.1) is 12.6 Å². The molecule has 1 aromatic rings. The minimum absolute atomic E-state index is 0.330. The molecule has 1 heterocycles. The van der Waals surface area contributed by atoms with E-state index in [9.17, 15) is 0 Å². The predicted molar refractivity (Wildman–Crippen MR) is 75.0 cm³/mol. The number of hydrogen-bond acceptors (Lipinski definition) is 3. The number of nitrogens with zero attached hydrogens (tertiary/aromatic N) is 1. The highest BCUT2D eigenvalue weighted by molar-refractivity contribution is 5.41. The normalized spacial score (nSPS) is 15.8. The zero-order valence-corrected chi connectivity index (χ0v) is 11.7. The fourth-order valence-corrected chi connectivity index (χ4v) is 2.34. The third kappa shape index (κ3) is 3.22. The Bertz CT molecular complexity index is 390. The minimum atomic E-state index is 0.330. The van der Waals surface area contributed by atoms with Crippen LogP contribution in [0.25, 0.3) is 0 Å². The molecular weight excluding hydrogens is 224 g/mol. The van der Waals surface area contributed by atoms with E-state index >= 15 is 0 Å². The molecular formula is C15H24N2O. The van der Waals surface area contributed by atoms with E-state index in [1.54, 1.807) is 0 Å². The molecule has 1 unspecified atom stereocenters. The Balaban J connectivity index is 2.02. The summed E-state index contributed by atoms with van der Waals surface area (Å²) in [6.07, 6.45) is 3.57. The largest absolute Gasteiger partial charge is 0.380 e. The fourth-order valence-electron chi connectivity index (χ4n) is 2.34. The lowest BCUT2D eigenvalue weighted by molar-refractivity contribution is 0.126. The topological polar surface area (TPSA) is 34.1 Å². The Morgan fingerprint density at radius 2 is 2.17 bits per heavy atom. The van der Waals surface area contributed by atoms with Crippen molar-refractivity contribution in [3.8, 4) is 0 Å². The average Bonchev–Trinajstić information content (AvgIpc) is 2.81. The first-order valence-corrected chi connectivity index (χ1v) is 7.03. The van der Waals surface area contributed by atoms with Gasteiger partial charge in [0.15, 0.2) is 0 Å². The fraction of sp³-hybridized carbons (Fsp3) is 0.667. The summed E-state index contributed by atoms with van der Waals surface area (Å²) in [5.74, 6) is 1.53. The first-order valence-electron chi connectivity index (χ1n) is 7.03. The molecule has 1 atom stereocenters. The Morgan fingerprint density at radius 1 is 1.33 bits per heavy atom. The van der Waals surface area contributed by atoms with Gasteiger partial charge < -0.3 is 10.1 Å². The second kappa shape index (κ2) is 6.19. The second-order valence-corrected chi connectivity index (χ2v) is 5.31. The number of ether oxygens (including phenoxy) is 1. The molecule has 1 aliphatic carbocycles. The van der Waals surface area contributed by atoms with E-state index in [1.165, 1.54) is 24.1 Å². The standard InChI is InChI=1S/C15H24N2O/c1-4-18-10-14(11(2)3)17-15-9-8-12-6-5-7-13(12)16-15/h8-9,11,14H,4-7,10H2,1-3H3,(H,16,17). The zero-order valence-electron chi connectivity index (χ0n) is 11.7. The summed E-state index contributed by atoms with van der Waals surface area (Å²) in [6, 6.07) is 4.65. The number of nitrogens with one attached hydrogen (secondary N) is 1. The van der Waals surface area contributed by atoms with Gasteiger partial charge in [-0.3, -0.25) is 0 Å². The maximum atomic E-state index is 5.53. The van der Waals surface area contributed by atoms with Crippen LogP contribution >= 0.6 is 0 Å². The van der Waals surface area contributed by atoms with Crippen LogP contribution in [-0.2, 0) is 17.6 Å². The first kappa shape index (κ1) is 13.3. The summed E-state index contributed by atoms with van der Waals surface area (Å²) in [7, 11) is 0. The number of pyridine rings is 1. The Morgan fingerprint density at radius 3 is 2.89 bits per heavy atom. The van der Waals surface area contributed by atoms with Gasteiger partial charge in [-0.25, -0.2) is 4.98 Å². The van der Waals surface area contributed by atoms with E-state index in [0.717, 1.165) is 25.5 Å². The molecule has 0 bridgehead atoms. The van der Waals surface area contributed by atoms with Crippen molar-refractivity contribution in [2.45, 2.75) is 46.1 Å². The van der Waals surface area contributed by atoms with Crippen molar-refractivity contribution in [2.24, 2.45) is 5.92 Å². The van der Waals surface area contributed by atoms with Crippen LogP contribution in [0.5, 0.6) is 0 Å². The summed E-state index contributed by atoms with van der Waals surface area (Å²) >= 11 is 0. The van der Waals surface area contributed by atoms with Gasteiger partial charge >= 0.3 is 0 Å². The molecule has 18 heavy (non-hydrogen) atoms. The van der Waals surface area contributed by atoms with Crippen LogP contribution < -0.4 is 5.32 Å². The summed E-state index contributed by atoms with van der Waals surface area (Å²) in [5.41, 5.74) is 2.70. The van der Waals surface area contributed by atoms with Crippen LogP contribution in [0.3, 0.4) is 0 Å². The molecule has 0 radical (unpaired) electrons. The number of aryl methyl sites for hydroxylation is 2. The lowest BCUT2D eigenvalue weighted by Gasteiger charge is -2.23. The SMILES string of the molecule is CCOCC(Nc1ccc2c(n1)CCC2)C(C)C. The van der Waals surface area contributed by atoms with Gasteiger partial charge in [-0.2, -0.15) is 0 Å². The van der Waals surface area contributed by atoms with Crippen LogP contribution in [0, 0.1) is 5.92 Å². The van der Waals surface area contributed by atoms with Crippen molar-refractivity contribution < 1.29 is 4.74 Å². The number of anilines is 1. The van der Waals surface area contributed by atoms with Gasteiger partial charge in [0, 0.05) is 12.3 Å². The summed E-state index contributed by atoms with van der Waals surface area (Å²) in [6.45, 7) is 7.97. The molecule has 0 aromatic carbocycles. The van der Waals surface area contributed by atoms with Crippen molar-refractivity contribution in [3.05, 3.63) is 23.4 Å². The van der Waals surface area contributed by atoms with Gasteiger partial charge in [0.2, 0.25) is 0 Å². The van der Waals surface area contributed by atoms with Gasteiger partial charge in [-0.05, 0) is 43.7 Å². The highest BCUT2D eigenvalue weighted by Gasteiger charge is 2.16. The monoisotopic (exact) mass is 248 g/mol. The molecule has 1 aliphatic rings. The molecule has 0 saturated carbocycles. The number of rotatable bonds is 6. The minimum Gasteiger partial charge on any atom is -0.380 e.